The summed E-state index contributed by atoms with van der Waals surface area (Å²) in [5, 5.41) is 0.426. The fraction of sp³-hybridized carbons (Fsp3) is 0.400. The highest BCUT2D eigenvalue weighted by Crippen LogP contribution is 2.29. The summed E-state index contributed by atoms with van der Waals surface area (Å²) >= 11 is 6.15. The molecule has 0 radical (unpaired) electrons. The molecule has 3 heterocycles. The molecular formula is C15H17ClN4O. The molecule has 3 rings (SSSR count). The Morgan fingerprint density at radius 2 is 2.14 bits per heavy atom. The maximum Gasteiger partial charge on any atom is 0.138 e. The van der Waals surface area contributed by atoms with Crippen molar-refractivity contribution in [2.75, 3.05) is 20.2 Å². The lowest BCUT2D eigenvalue weighted by Gasteiger charge is -2.19. The monoisotopic (exact) mass is 304 g/mol. The first-order valence-corrected chi connectivity index (χ1v) is 7.36. The molecule has 21 heavy (non-hydrogen) atoms. The zero-order chi connectivity index (χ0) is 14.7. The van der Waals surface area contributed by atoms with E-state index in [-0.39, 0.29) is 0 Å². The first-order valence-electron chi connectivity index (χ1n) is 6.98. The lowest BCUT2D eigenvalue weighted by Crippen LogP contribution is -2.30. The number of pyridine rings is 1. The molecule has 1 unspecified atom stereocenters. The van der Waals surface area contributed by atoms with Crippen LogP contribution in [0, 0.1) is 0 Å². The smallest absolute Gasteiger partial charge is 0.138 e. The molecule has 1 aliphatic rings. The van der Waals surface area contributed by atoms with Crippen molar-refractivity contribution in [1.82, 2.24) is 19.9 Å². The minimum absolute atomic E-state index is 0.426. The van der Waals surface area contributed by atoms with Gasteiger partial charge >= 0.3 is 0 Å². The van der Waals surface area contributed by atoms with Gasteiger partial charge in [-0.05, 0) is 32.5 Å². The van der Waals surface area contributed by atoms with Gasteiger partial charge in [0.05, 0.1) is 6.20 Å². The predicted octanol–water partition coefficient (Wildman–Crippen LogP) is 2.67. The highest BCUT2D eigenvalue weighted by molar-refractivity contribution is 6.32. The van der Waals surface area contributed by atoms with Crippen molar-refractivity contribution in [1.29, 1.82) is 0 Å². The van der Waals surface area contributed by atoms with Crippen molar-refractivity contribution < 1.29 is 4.74 Å². The number of likely N-dealkylation sites (tertiary alicyclic amines) is 1. The highest BCUT2D eigenvalue weighted by atomic mass is 35.5. The van der Waals surface area contributed by atoms with Crippen molar-refractivity contribution in [3.05, 3.63) is 36.1 Å². The Kier molecular flexibility index (Phi) is 4.31. The third-order valence-corrected chi connectivity index (χ3v) is 4.10. The van der Waals surface area contributed by atoms with E-state index >= 15 is 0 Å². The van der Waals surface area contributed by atoms with E-state index in [0.717, 1.165) is 23.4 Å². The minimum atomic E-state index is 0.426. The van der Waals surface area contributed by atoms with Crippen LogP contribution in [0.25, 0.3) is 11.1 Å². The van der Waals surface area contributed by atoms with E-state index in [9.17, 15) is 0 Å². The highest BCUT2D eigenvalue weighted by Gasteiger charge is 2.21. The van der Waals surface area contributed by atoms with E-state index in [1.807, 2.05) is 6.07 Å². The maximum atomic E-state index is 6.15. The van der Waals surface area contributed by atoms with Crippen LogP contribution in [0.15, 0.2) is 31.0 Å². The molecule has 0 aliphatic carbocycles. The van der Waals surface area contributed by atoms with Crippen LogP contribution in [0.4, 0.5) is 0 Å². The number of ether oxygens (including phenoxy) is 1. The van der Waals surface area contributed by atoms with Gasteiger partial charge in [0.25, 0.3) is 0 Å². The van der Waals surface area contributed by atoms with Crippen LogP contribution in [-0.2, 0) is 0 Å². The number of aromatic nitrogens is 3. The zero-order valence-corrected chi connectivity index (χ0v) is 12.6. The molecule has 1 atom stereocenters. The summed E-state index contributed by atoms with van der Waals surface area (Å²) in [6.45, 7) is 1.81. The Morgan fingerprint density at radius 3 is 2.86 bits per heavy atom. The van der Waals surface area contributed by atoms with Gasteiger partial charge in [-0.3, -0.25) is 0 Å². The lowest BCUT2D eigenvalue weighted by molar-refractivity contribution is 0.198. The molecular weight excluding hydrogens is 288 g/mol. The molecule has 2 aromatic heterocycles. The van der Waals surface area contributed by atoms with Crippen molar-refractivity contribution in [3.8, 4) is 16.9 Å². The normalized spacial score (nSPS) is 18.9. The second-order valence-electron chi connectivity index (χ2n) is 5.22. The molecule has 0 saturated carbocycles. The quantitative estimate of drug-likeness (QED) is 0.813. The van der Waals surface area contributed by atoms with Gasteiger partial charge in [0, 0.05) is 29.6 Å². The number of hydrogen-bond acceptors (Lipinski definition) is 5. The maximum absolute atomic E-state index is 6.15. The largest absolute Gasteiger partial charge is 0.490 e. The van der Waals surface area contributed by atoms with E-state index in [4.69, 9.17) is 16.3 Å². The molecule has 1 aliphatic heterocycles. The van der Waals surface area contributed by atoms with Crippen LogP contribution < -0.4 is 4.74 Å². The number of rotatable bonds is 4. The van der Waals surface area contributed by atoms with Gasteiger partial charge in [-0.1, -0.05) is 11.6 Å². The summed E-state index contributed by atoms with van der Waals surface area (Å²) in [7, 11) is 2.13. The van der Waals surface area contributed by atoms with E-state index in [1.54, 1.807) is 18.6 Å². The second kappa shape index (κ2) is 6.37. The van der Waals surface area contributed by atoms with Crippen LogP contribution >= 0.6 is 11.6 Å². The molecule has 5 nitrogen and oxygen atoms in total. The van der Waals surface area contributed by atoms with Gasteiger partial charge in [-0.15, -0.1) is 0 Å². The standard InChI is InChI=1S/C15H17ClN4O/c1-20-4-2-3-12(20)9-21-13-5-14(15(16)19-8-13)11-6-17-10-18-7-11/h5-8,10,12H,2-4,9H2,1H3. The van der Waals surface area contributed by atoms with Gasteiger partial charge in [0.15, 0.2) is 0 Å². The first-order chi connectivity index (χ1) is 10.2. The fourth-order valence-electron chi connectivity index (χ4n) is 2.53. The third kappa shape index (κ3) is 3.31. The van der Waals surface area contributed by atoms with Gasteiger partial charge in [-0.2, -0.15) is 0 Å². The molecule has 2 aromatic rings. The summed E-state index contributed by atoms with van der Waals surface area (Å²) in [6, 6.07) is 2.37. The van der Waals surface area contributed by atoms with Crippen molar-refractivity contribution in [3.63, 3.8) is 0 Å². The zero-order valence-electron chi connectivity index (χ0n) is 11.9. The van der Waals surface area contributed by atoms with Crippen LogP contribution in [0.5, 0.6) is 5.75 Å². The van der Waals surface area contributed by atoms with Gasteiger partial charge in [0.2, 0.25) is 0 Å². The lowest BCUT2D eigenvalue weighted by atomic mass is 10.1. The first kappa shape index (κ1) is 14.2. The van der Waals surface area contributed by atoms with Crippen molar-refractivity contribution in [2.24, 2.45) is 0 Å². The fourth-order valence-corrected chi connectivity index (χ4v) is 2.74. The van der Waals surface area contributed by atoms with Crippen molar-refractivity contribution >= 4 is 11.6 Å². The SMILES string of the molecule is CN1CCCC1COc1cnc(Cl)c(-c2cncnc2)c1. The molecule has 0 N–H and O–H groups in total. The Hall–Kier alpha value is -1.72. The molecule has 110 valence electrons. The number of nitrogens with zero attached hydrogens (tertiary/aromatic N) is 4. The van der Waals surface area contributed by atoms with E-state index in [0.29, 0.717) is 17.8 Å². The second-order valence-corrected chi connectivity index (χ2v) is 5.58. The third-order valence-electron chi connectivity index (χ3n) is 3.80. The number of likely N-dealkylation sites (N-methyl/N-ethyl adjacent to an activating group) is 1. The summed E-state index contributed by atoms with van der Waals surface area (Å²) in [6.07, 6.45) is 8.98. The Balaban J connectivity index is 1.75. The number of hydrogen-bond donors (Lipinski definition) is 0. The van der Waals surface area contributed by atoms with Crippen molar-refractivity contribution in [2.45, 2.75) is 18.9 Å². The average molecular weight is 305 g/mol. The molecule has 0 aromatic carbocycles. The Morgan fingerprint density at radius 1 is 1.33 bits per heavy atom. The van der Waals surface area contributed by atoms with Crippen LogP contribution in [0.1, 0.15) is 12.8 Å². The Bertz CT molecular complexity index is 608. The van der Waals surface area contributed by atoms with Gasteiger partial charge < -0.3 is 9.64 Å². The minimum Gasteiger partial charge on any atom is -0.490 e. The predicted molar refractivity (Wildman–Crippen MR) is 81.4 cm³/mol. The van der Waals surface area contributed by atoms with Crippen LogP contribution in [-0.4, -0.2) is 46.1 Å². The summed E-state index contributed by atoms with van der Waals surface area (Å²) in [5.41, 5.74) is 1.62. The number of halogens is 1. The Labute approximate surface area is 129 Å². The van der Waals surface area contributed by atoms with E-state index in [1.165, 1.54) is 19.2 Å². The van der Waals surface area contributed by atoms with Crippen LogP contribution in [0.2, 0.25) is 5.15 Å². The summed E-state index contributed by atoms with van der Waals surface area (Å²) < 4.78 is 5.87. The van der Waals surface area contributed by atoms with Crippen LogP contribution in [0.3, 0.4) is 0 Å². The van der Waals surface area contributed by atoms with E-state index < -0.39 is 0 Å². The summed E-state index contributed by atoms with van der Waals surface area (Å²) in [4.78, 5) is 14.5. The molecule has 6 heteroatoms. The topological polar surface area (TPSA) is 51.1 Å². The molecule has 0 spiro atoms. The molecule has 1 saturated heterocycles. The average Bonchev–Trinajstić information content (AvgIpc) is 2.93. The molecule has 0 bridgehead atoms. The summed E-state index contributed by atoms with van der Waals surface area (Å²) in [5.74, 6) is 0.721. The van der Waals surface area contributed by atoms with Gasteiger partial charge in [-0.25, -0.2) is 15.0 Å². The van der Waals surface area contributed by atoms with E-state index in [2.05, 4.69) is 26.9 Å². The van der Waals surface area contributed by atoms with Gasteiger partial charge in [0.1, 0.15) is 23.8 Å². The molecule has 1 fully saturated rings. The molecule has 0 amide bonds.